The fraction of sp³-hybridized carbons (Fsp3) is 0.533. The summed E-state index contributed by atoms with van der Waals surface area (Å²) in [4.78, 5) is 4.45. The summed E-state index contributed by atoms with van der Waals surface area (Å²) in [6.45, 7) is 6.29. The van der Waals surface area contributed by atoms with E-state index in [1.54, 1.807) is 0 Å². The second-order valence-electron chi connectivity index (χ2n) is 5.57. The highest BCUT2D eigenvalue weighted by molar-refractivity contribution is 7.92. The molecule has 2 rings (SSSR count). The quantitative estimate of drug-likeness (QED) is 0.847. The van der Waals surface area contributed by atoms with Crippen molar-refractivity contribution in [3.05, 3.63) is 22.8 Å². The first-order valence-electron chi connectivity index (χ1n) is 6.99. The molecule has 1 aromatic carbocycles. The van der Waals surface area contributed by atoms with Gasteiger partial charge in [0.1, 0.15) is 18.0 Å². The molecule has 1 aromatic rings. The maximum absolute atomic E-state index is 12.0. The van der Waals surface area contributed by atoms with Gasteiger partial charge in [-0.3, -0.25) is 4.31 Å². The van der Waals surface area contributed by atoms with Crippen LogP contribution in [0.15, 0.2) is 11.1 Å². The number of ether oxygens (including phenoxy) is 2. The molecule has 0 bridgehead atoms. The zero-order chi connectivity index (χ0) is 16.7. The van der Waals surface area contributed by atoms with Crippen LogP contribution in [0.25, 0.3) is 0 Å². The molecule has 1 aliphatic heterocycles. The van der Waals surface area contributed by atoms with Crippen molar-refractivity contribution in [3.63, 3.8) is 0 Å². The van der Waals surface area contributed by atoms with E-state index in [0.717, 1.165) is 17.4 Å². The highest BCUT2D eigenvalue weighted by Gasteiger charge is 2.28. The fourth-order valence-corrected chi connectivity index (χ4v) is 2.90. The van der Waals surface area contributed by atoms with Crippen molar-refractivity contribution < 1.29 is 17.9 Å². The molecule has 0 unspecified atom stereocenters. The average molecular weight is 326 g/mol. The van der Waals surface area contributed by atoms with Gasteiger partial charge in [-0.25, -0.2) is 13.4 Å². The number of methoxy groups -OCH3 is 1. The number of sulfonamides is 1. The van der Waals surface area contributed by atoms with Crippen LogP contribution in [0, 0.1) is 13.8 Å². The van der Waals surface area contributed by atoms with Crippen molar-refractivity contribution in [2.75, 3.05) is 31.3 Å². The van der Waals surface area contributed by atoms with Gasteiger partial charge in [-0.2, -0.15) is 0 Å². The number of aliphatic imine (C=N–C) groups is 1. The molecule has 1 aliphatic rings. The van der Waals surface area contributed by atoms with Crippen LogP contribution in [0.1, 0.15) is 23.6 Å². The zero-order valence-electron chi connectivity index (χ0n) is 13.8. The Morgan fingerprint density at radius 2 is 2.05 bits per heavy atom. The minimum absolute atomic E-state index is 0.0546. The van der Waals surface area contributed by atoms with Crippen LogP contribution in [0.2, 0.25) is 0 Å². The molecule has 122 valence electrons. The second kappa shape index (κ2) is 5.79. The van der Waals surface area contributed by atoms with Gasteiger partial charge in [0.2, 0.25) is 15.9 Å². The van der Waals surface area contributed by atoms with E-state index in [9.17, 15) is 8.42 Å². The number of benzene rings is 1. The van der Waals surface area contributed by atoms with E-state index in [0.29, 0.717) is 29.5 Å². The fourth-order valence-electron chi connectivity index (χ4n) is 2.38. The van der Waals surface area contributed by atoms with E-state index in [-0.39, 0.29) is 6.04 Å². The topological polar surface area (TPSA) is 68.2 Å². The van der Waals surface area contributed by atoms with Crippen LogP contribution in [0.4, 0.5) is 5.69 Å². The van der Waals surface area contributed by atoms with Crippen molar-refractivity contribution in [2.45, 2.75) is 26.8 Å². The number of nitrogens with zero attached hydrogens (tertiary/aromatic N) is 2. The summed E-state index contributed by atoms with van der Waals surface area (Å²) in [5.41, 5.74) is 2.98. The number of hydrogen-bond donors (Lipinski definition) is 0. The lowest BCUT2D eigenvalue weighted by atomic mass is 10.0. The molecule has 7 heteroatoms. The minimum Gasteiger partial charge on any atom is -0.494 e. The van der Waals surface area contributed by atoms with E-state index >= 15 is 0 Å². The molecule has 0 spiro atoms. The third-order valence-electron chi connectivity index (χ3n) is 3.81. The van der Waals surface area contributed by atoms with Crippen molar-refractivity contribution in [1.82, 2.24) is 0 Å². The van der Waals surface area contributed by atoms with Crippen LogP contribution >= 0.6 is 0 Å². The molecule has 0 saturated heterocycles. The summed E-state index contributed by atoms with van der Waals surface area (Å²) in [5, 5.41) is 0. The highest BCUT2D eigenvalue weighted by atomic mass is 32.2. The van der Waals surface area contributed by atoms with Crippen molar-refractivity contribution in [3.8, 4) is 5.75 Å². The van der Waals surface area contributed by atoms with Gasteiger partial charge in [-0.1, -0.05) is 0 Å². The molecular formula is C15H22N2O4S. The normalized spacial score (nSPS) is 17.9. The number of aryl methyl sites for hydroxylation is 1. The van der Waals surface area contributed by atoms with E-state index in [1.165, 1.54) is 18.5 Å². The van der Waals surface area contributed by atoms with E-state index in [1.807, 2.05) is 26.8 Å². The van der Waals surface area contributed by atoms with Gasteiger partial charge in [-0.05, 0) is 38.0 Å². The van der Waals surface area contributed by atoms with Gasteiger partial charge < -0.3 is 9.47 Å². The largest absolute Gasteiger partial charge is 0.494 e. The first-order chi connectivity index (χ1) is 10.2. The third-order valence-corrected chi connectivity index (χ3v) is 4.99. The maximum Gasteiger partial charge on any atom is 0.232 e. The minimum atomic E-state index is -3.44. The third kappa shape index (κ3) is 2.90. The number of anilines is 1. The van der Waals surface area contributed by atoms with Gasteiger partial charge in [0.05, 0.1) is 25.0 Å². The van der Waals surface area contributed by atoms with E-state index in [4.69, 9.17) is 9.47 Å². The average Bonchev–Trinajstić information content (AvgIpc) is 2.85. The molecule has 0 N–H and O–H groups in total. The van der Waals surface area contributed by atoms with Crippen LogP contribution < -0.4 is 9.04 Å². The lowest BCUT2D eigenvalue weighted by Gasteiger charge is -2.24. The van der Waals surface area contributed by atoms with E-state index in [2.05, 4.69) is 4.99 Å². The SMILES string of the molecule is COc1c(C)c(C)cc(C2=N[C@@H](C)CO2)c1N(C)S(C)(=O)=O. The molecule has 1 heterocycles. The van der Waals surface area contributed by atoms with Crippen LogP contribution in [-0.4, -0.2) is 47.4 Å². The Kier molecular flexibility index (Phi) is 4.37. The monoisotopic (exact) mass is 326 g/mol. The summed E-state index contributed by atoms with van der Waals surface area (Å²) in [7, 11) is -0.404. The van der Waals surface area contributed by atoms with Crippen molar-refractivity contribution >= 4 is 21.6 Å². The molecule has 6 nitrogen and oxygen atoms in total. The zero-order valence-corrected chi connectivity index (χ0v) is 14.6. The summed E-state index contributed by atoms with van der Waals surface area (Å²) >= 11 is 0. The molecule has 22 heavy (non-hydrogen) atoms. The van der Waals surface area contributed by atoms with Crippen molar-refractivity contribution in [1.29, 1.82) is 0 Å². The smallest absolute Gasteiger partial charge is 0.232 e. The molecule has 0 fully saturated rings. The van der Waals surface area contributed by atoms with Crippen LogP contribution in [0.5, 0.6) is 5.75 Å². The number of rotatable bonds is 4. The first-order valence-corrected chi connectivity index (χ1v) is 8.84. The van der Waals surface area contributed by atoms with Gasteiger partial charge in [0.15, 0.2) is 0 Å². The van der Waals surface area contributed by atoms with Gasteiger partial charge in [-0.15, -0.1) is 0 Å². The Bertz CT molecular complexity index is 726. The molecule has 0 aliphatic carbocycles. The molecule has 0 amide bonds. The number of hydrogen-bond acceptors (Lipinski definition) is 5. The summed E-state index contributed by atoms with van der Waals surface area (Å²) in [6, 6.07) is 1.95. The molecule has 1 atom stereocenters. The van der Waals surface area contributed by atoms with Crippen LogP contribution in [0.3, 0.4) is 0 Å². The lowest BCUT2D eigenvalue weighted by molar-refractivity contribution is 0.324. The van der Waals surface area contributed by atoms with Gasteiger partial charge in [0.25, 0.3) is 0 Å². The second-order valence-corrected chi connectivity index (χ2v) is 7.59. The van der Waals surface area contributed by atoms with Crippen LogP contribution in [-0.2, 0) is 14.8 Å². The maximum atomic E-state index is 12.0. The Labute approximate surface area is 131 Å². The molecular weight excluding hydrogens is 304 g/mol. The standard InChI is InChI=1S/C15H22N2O4S/c1-9-7-12(15-16-10(2)8-21-15)13(14(20-5)11(9)3)17(4)22(6,18)19/h7,10H,8H2,1-6H3/t10-/m0/s1. The van der Waals surface area contributed by atoms with Gasteiger partial charge in [0, 0.05) is 7.05 Å². The summed E-state index contributed by atoms with van der Waals surface area (Å²) in [6.07, 6.45) is 1.16. The Morgan fingerprint density at radius 3 is 2.50 bits per heavy atom. The lowest BCUT2D eigenvalue weighted by Crippen LogP contribution is -2.28. The van der Waals surface area contributed by atoms with Crippen molar-refractivity contribution in [2.24, 2.45) is 4.99 Å². The molecule has 0 saturated carbocycles. The predicted molar refractivity (Wildman–Crippen MR) is 87.7 cm³/mol. The Balaban J connectivity index is 2.77. The predicted octanol–water partition coefficient (Wildman–Crippen LogP) is 1.87. The molecule has 0 aromatic heterocycles. The first kappa shape index (κ1) is 16.6. The Morgan fingerprint density at radius 1 is 1.41 bits per heavy atom. The van der Waals surface area contributed by atoms with Gasteiger partial charge >= 0.3 is 0 Å². The summed E-state index contributed by atoms with van der Waals surface area (Å²) < 4.78 is 36.4. The summed E-state index contributed by atoms with van der Waals surface area (Å²) in [5.74, 6) is 0.980. The highest BCUT2D eigenvalue weighted by Crippen LogP contribution is 2.39. The molecule has 0 radical (unpaired) electrons. The Hall–Kier alpha value is -1.76. The van der Waals surface area contributed by atoms with E-state index < -0.39 is 10.0 Å².